The zero-order valence-corrected chi connectivity index (χ0v) is 13.8. The first kappa shape index (κ1) is 13.3. The molecule has 3 heteroatoms. The lowest BCUT2D eigenvalue weighted by Gasteiger charge is -2.13. The average molecular weight is 382 g/mol. The van der Waals surface area contributed by atoms with Gasteiger partial charge in [0, 0.05) is 4.47 Å². The van der Waals surface area contributed by atoms with Crippen molar-refractivity contribution in [2.45, 2.75) is 25.0 Å². The van der Waals surface area contributed by atoms with E-state index in [0.29, 0.717) is 0 Å². The molecule has 1 aliphatic rings. The molecule has 0 amide bonds. The summed E-state index contributed by atoms with van der Waals surface area (Å²) in [5.41, 5.74) is 6.45. The largest absolute Gasteiger partial charge is 0.372 e. The maximum Gasteiger partial charge on any atom is 0.0725 e. The molecular weight excluding hydrogens is 368 g/mol. The standard InChI is InChI=1S/C16H14Br2O/c1-10-6-11(4-5-15(10)17)16(18)12-2-3-13-8-19-9-14(13)7-12/h2-7,16H,8-9H2,1H3. The summed E-state index contributed by atoms with van der Waals surface area (Å²) in [4.78, 5) is 0.227. The first-order chi connectivity index (χ1) is 9.15. The van der Waals surface area contributed by atoms with Crippen molar-refractivity contribution in [1.29, 1.82) is 0 Å². The van der Waals surface area contributed by atoms with E-state index < -0.39 is 0 Å². The van der Waals surface area contributed by atoms with Gasteiger partial charge in [0.1, 0.15) is 0 Å². The summed E-state index contributed by atoms with van der Waals surface area (Å²) < 4.78 is 6.62. The van der Waals surface area contributed by atoms with Gasteiger partial charge in [0.2, 0.25) is 0 Å². The minimum atomic E-state index is 0.227. The Kier molecular flexibility index (Phi) is 3.79. The van der Waals surface area contributed by atoms with E-state index in [-0.39, 0.29) is 4.83 Å². The number of hydrogen-bond acceptors (Lipinski definition) is 1. The molecule has 98 valence electrons. The monoisotopic (exact) mass is 380 g/mol. The number of halogens is 2. The van der Waals surface area contributed by atoms with E-state index in [2.05, 4.69) is 75.2 Å². The highest BCUT2D eigenvalue weighted by atomic mass is 79.9. The Morgan fingerprint density at radius 1 is 1.00 bits per heavy atom. The molecule has 0 N–H and O–H groups in total. The topological polar surface area (TPSA) is 9.23 Å². The number of ether oxygens (including phenoxy) is 1. The maximum absolute atomic E-state index is 5.47. The van der Waals surface area contributed by atoms with Crippen molar-refractivity contribution in [3.63, 3.8) is 0 Å². The second-order valence-electron chi connectivity index (χ2n) is 4.89. The molecule has 1 nitrogen and oxygen atoms in total. The number of hydrogen-bond donors (Lipinski definition) is 0. The van der Waals surface area contributed by atoms with Gasteiger partial charge in [0.05, 0.1) is 18.0 Å². The van der Waals surface area contributed by atoms with Crippen LogP contribution in [0.5, 0.6) is 0 Å². The molecule has 1 unspecified atom stereocenters. The second kappa shape index (κ2) is 5.39. The third-order valence-electron chi connectivity index (χ3n) is 3.51. The van der Waals surface area contributed by atoms with Crippen LogP contribution in [0.15, 0.2) is 40.9 Å². The molecule has 19 heavy (non-hydrogen) atoms. The molecule has 1 heterocycles. The molecule has 3 rings (SSSR count). The van der Waals surface area contributed by atoms with Gasteiger partial charge >= 0.3 is 0 Å². The first-order valence-electron chi connectivity index (χ1n) is 6.25. The van der Waals surface area contributed by atoms with Gasteiger partial charge in [-0.25, -0.2) is 0 Å². The van der Waals surface area contributed by atoms with E-state index in [1.807, 2.05) is 0 Å². The third-order valence-corrected chi connectivity index (χ3v) is 5.46. The molecule has 0 spiro atoms. The van der Waals surface area contributed by atoms with Gasteiger partial charge in [-0.15, -0.1) is 0 Å². The Morgan fingerprint density at radius 3 is 2.47 bits per heavy atom. The smallest absolute Gasteiger partial charge is 0.0725 e. The Hall–Kier alpha value is -0.640. The maximum atomic E-state index is 5.47. The molecule has 0 fully saturated rings. The van der Waals surface area contributed by atoms with Crippen LogP contribution in [-0.4, -0.2) is 0 Å². The van der Waals surface area contributed by atoms with Crippen LogP contribution in [0.1, 0.15) is 32.6 Å². The summed E-state index contributed by atoms with van der Waals surface area (Å²) in [6, 6.07) is 13.1. The predicted octanol–water partition coefficient (Wildman–Crippen LogP) is 5.27. The minimum absolute atomic E-state index is 0.227. The lowest BCUT2D eigenvalue weighted by Crippen LogP contribution is -1.95. The zero-order valence-electron chi connectivity index (χ0n) is 10.6. The molecule has 0 aliphatic carbocycles. The SMILES string of the molecule is Cc1cc(C(Br)c2ccc3c(c2)COC3)ccc1Br. The van der Waals surface area contributed by atoms with Gasteiger partial charge in [-0.05, 0) is 40.8 Å². The highest BCUT2D eigenvalue weighted by Crippen LogP contribution is 2.34. The normalized spacial score (nSPS) is 15.3. The van der Waals surface area contributed by atoms with Gasteiger partial charge in [-0.3, -0.25) is 0 Å². The molecule has 1 aliphatic heterocycles. The fourth-order valence-electron chi connectivity index (χ4n) is 2.37. The number of aryl methyl sites for hydroxylation is 1. The van der Waals surface area contributed by atoms with Crippen LogP contribution in [0, 0.1) is 6.92 Å². The molecular formula is C16H14Br2O. The quantitative estimate of drug-likeness (QED) is 0.643. The van der Waals surface area contributed by atoms with Crippen molar-refractivity contribution in [1.82, 2.24) is 0 Å². The summed E-state index contributed by atoms with van der Waals surface area (Å²) in [7, 11) is 0. The van der Waals surface area contributed by atoms with Crippen LogP contribution in [-0.2, 0) is 18.0 Å². The fraction of sp³-hybridized carbons (Fsp3) is 0.250. The van der Waals surface area contributed by atoms with Crippen molar-refractivity contribution in [2.75, 3.05) is 0 Å². The summed E-state index contributed by atoms with van der Waals surface area (Å²) in [5, 5.41) is 0. The van der Waals surface area contributed by atoms with Gasteiger partial charge in [0.15, 0.2) is 0 Å². The van der Waals surface area contributed by atoms with E-state index in [9.17, 15) is 0 Å². The molecule has 0 saturated carbocycles. The summed E-state index contributed by atoms with van der Waals surface area (Å²) in [6.45, 7) is 3.60. The van der Waals surface area contributed by atoms with Crippen LogP contribution >= 0.6 is 31.9 Å². The third kappa shape index (κ3) is 2.64. The molecule has 0 bridgehead atoms. The van der Waals surface area contributed by atoms with Crippen molar-refractivity contribution < 1.29 is 4.74 Å². The number of fused-ring (bicyclic) bond motifs is 1. The zero-order chi connectivity index (χ0) is 13.4. The Labute approximate surface area is 130 Å². The first-order valence-corrected chi connectivity index (χ1v) is 7.95. The van der Waals surface area contributed by atoms with Crippen LogP contribution in [0.3, 0.4) is 0 Å². The van der Waals surface area contributed by atoms with Crippen molar-refractivity contribution in [3.05, 3.63) is 68.7 Å². The van der Waals surface area contributed by atoms with Gasteiger partial charge in [-0.2, -0.15) is 0 Å². The van der Waals surface area contributed by atoms with Gasteiger partial charge in [0.25, 0.3) is 0 Å². The molecule has 1 atom stereocenters. The van der Waals surface area contributed by atoms with Crippen molar-refractivity contribution in [2.24, 2.45) is 0 Å². The van der Waals surface area contributed by atoms with Gasteiger partial charge in [-0.1, -0.05) is 62.2 Å². The molecule has 0 saturated heterocycles. The highest BCUT2D eigenvalue weighted by molar-refractivity contribution is 9.10. The predicted molar refractivity (Wildman–Crippen MR) is 84.6 cm³/mol. The molecule has 0 aromatic heterocycles. The lowest BCUT2D eigenvalue weighted by molar-refractivity contribution is 0.134. The van der Waals surface area contributed by atoms with E-state index in [1.165, 1.54) is 27.8 Å². The summed E-state index contributed by atoms with van der Waals surface area (Å²) >= 11 is 7.35. The molecule has 2 aromatic rings. The number of alkyl halides is 1. The van der Waals surface area contributed by atoms with Crippen LogP contribution < -0.4 is 0 Å². The Balaban J connectivity index is 1.94. The molecule has 2 aromatic carbocycles. The molecule has 0 radical (unpaired) electrons. The minimum Gasteiger partial charge on any atom is -0.372 e. The van der Waals surface area contributed by atoms with E-state index in [4.69, 9.17) is 4.74 Å². The van der Waals surface area contributed by atoms with E-state index >= 15 is 0 Å². The Bertz CT molecular complexity index is 622. The number of rotatable bonds is 2. The van der Waals surface area contributed by atoms with Crippen molar-refractivity contribution >= 4 is 31.9 Å². The van der Waals surface area contributed by atoms with Crippen LogP contribution in [0.4, 0.5) is 0 Å². The summed E-state index contributed by atoms with van der Waals surface area (Å²) in [6.07, 6.45) is 0. The van der Waals surface area contributed by atoms with E-state index in [0.717, 1.165) is 17.7 Å². The van der Waals surface area contributed by atoms with E-state index in [1.54, 1.807) is 0 Å². The fourth-order valence-corrected chi connectivity index (χ4v) is 3.18. The van der Waals surface area contributed by atoms with Gasteiger partial charge < -0.3 is 4.74 Å². The van der Waals surface area contributed by atoms with Crippen LogP contribution in [0.2, 0.25) is 0 Å². The highest BCUT2D eigenvalue weighted by Gasteiger charge is 2.16. The Morgan fingerprint density at radius 2 is 1.68 bits per heavy atom. The summed E-state index contributed by atoms with van der Waals surface area (Å²) in [5.74, 6) is 0. The average Bonchev–Trinajstić information content (AvgIpc) is 2.88. The lowest BCUT2D eigenvalue weighted by atomic mass is 9.99. The van der Waals surface area contributed by atoms with Crippen molar-refractivity contribution in [3.8, 4) is 0 Å². The second-order valence-corrected chi connectivity index (χ2v) is 6.66. The number of benzene rings is 2. The van der Waals surface area contributed by atoms with Crippen LogP contribution in [0.25, 0.3) is 0 Å².